The van der Waals surface area contributed by atoms with Gasteiger partial charge in [-0.1, -0.05) is 25.1 Å². The van der Waals surface area contributed by atoms with E-state index in [9.17, 15) is 0 Å². The molecule has 2 heteroatoms. The smallest absolute Gasteiger partial charge is 0.132 e. The van der Waals surface area contributed by atoms with E-state index < -0.39 is 0 Å². The molecule has 1 saturated heterocycles. The predicted molar refractivity (Wildman–Crippen MR) is 60.1 cm³/mol. The summed E-state index contributed by atoms with van der Waals surface area (Å²) < 4.78 is 11.6. The molecule has 0 aromatic heterocycles. The van der Waals surface area contributed by atoms with Crippen LogP contribution in [0.4, 0.5) is 0 Å². The van der Waals surface area contributed by atoms with Gasteiger partial charge in [0.05, 0.1) is 6.10 Å². The summed E-state index contributed by atoms with van der Waals surface area (Å²) >= 11 is 0. The van der Waals surface area contributed by atoms with Crippen LogP contribution in [-0.2, 0) is 4.74 Å². The van der Waals surface area contributed by atoms with Gasteiger partial charge in [0, 0.05) is 13.0 Å². The van der Waals surface area contributed by atoms with Crippen LogP contribution < -0.4 is 4.74 Å². The number of ether oxygens (including phenoxy) is 2. The van der Waals surface area contributed by atoms with Gasteiger partial charge in [0.25, 0.3) is 0 Å². The Morgan fingerprint density at radius 3 is 2.53 bits per heavy atom. The SMILES string of the molecule is CCC(C)(Oc1ccccc1)C1CCO1. The molecule has 1 heterocycles. The molecular weight excluding hydrogens is 188 g/mol. The summed E-state index contributed by atoms with van der Waals surface area (Å²) in [5.74, 6) is 0.928. The summed E-state index contributed by atoms with van der Waals surface area (Å²) in [7, 11) is 0. The van der Waals surface area contributed by atoms with E-state index in [0.717, 1.165) is 25.2 Å². The summed E-state index contributed by atoms with van der Waals surface area (Å²) in [5, 5.41) is 0. The lowest BCUT2D eigenvalue weighted by atomic mass is 9.90. The number of hydrogen-bond donors (Lipinski definition) is 0. The monoisotopic (exact) mass is 206 g/mol. The van der Waals surface area contributed by atoms with Gasteiger partial charge >= 0.3 is 0 Å². The van der Waals surface area contributed by atoms with Crippen molar-refractivity contribution in [3.63, 3.8) is 0 Å². The molecule has 1 aromatic carbocycles. The van der Waals surface area contributed by atoms with Gasteiger partial charge in [-0.05, 0) is 25.5 Å². The zero-order valence-electron chi connectivity index (χ0n) is 9.40. The molecule has 1 aliphatic rings. The van der Waals surface area contributed by atoms with Crippen molar-refractivity contribution in [2.45, 2.75) is 38.4 Å². The molecular formula is C13H18O2. The quantitative estimate of drug-likeness (QED) is 0.754. The molecule has 2 unspecified atom stereocenters. The topological polar surface area (TPSA) is 18.5 Å². The largest absolute Gasteiger partial charge is 0.485 e. The second-order valence-electron chi connectivity index (χ2n) is 4.23. The minimum absolute atomic E-state index is 0.181. The summed E-state index contributed by atoms with van der Waals surface area (Å²) in [6.45, 7) is 5.15. The van der Waals surface area contributed by atoms with Crippen molar-refractivity contribution in [2.75, 3.05) is 6.61 Å². The minimum atomic E-state index is -0.181. The average Bonchev–Trinajstić information content (AvgIpc) is 2.16. The Labute approximate surface area is 91.2 Å². The summed E-state index contributed by atoms with van der Waals surface area (Å²) in [5.41, 5.74) is -0.181. The molecule has 1 fully saturated rings. The Bertz CT molecular complexity index is 306. The van der Waals surface area contributed by atoms with Gasteiger partial charge in [-0.25, -0.2) is 0 Å². The lowest BCUT2D eigenvalue weighted by molar-refractivity contribution is -0.153. The van der Waals surface area contributed by atoms with Gasteiger partial charge in [0.15, 0.2) is 0 Å². The highest BCUT2D eigenvalue weighted by molar-refractivity contribution is 5.22. The lowest BCUT2D eigenvalue weighted by Crippen LogP contribution is -2.51. The number of para-hydroxylation sites is 1. The standard InChI is InChI=1S/C13H18O2/c1-3-13(2,12-9-10-14-12)15-11-7-5-4-6-8-11/h4-8,12H,3,9-10H2,1-2H3. The van der Waals surface area contributed by atoms with E-state index in [0.29, 0.717) is 0 Å². The van der Waals surface area contributed by atoms with Gasteiger partial charge in [0.2, 0.25) is 0 Å². The molecule has 2 rings (SSSR count). The van der Waals surface area contributed by atoms with Crippen molar-refractivity contribution in [1.82, 2.24) is 0 Å². The van der Waals surface area contributed by atoms with Crippen LogP contribution in [-0.4, -0.2) is 18.3 Å². The Kier molecular flexibility index (Phi) is 2.96. The average molecular weight is 206 g/mol. The van der Waals surface area contributed by atoms with Crippen LogP contribution in [0.1, 0.15) is 26.7 Å². The summed E-state index contributed by atoms with van der Waals surface area (Å²) in [6.07, 6.45) is 2.33. The zero-order valence-corrected chi connectivity index (χ0v) is 9.40. The molecule has 0 bridgehead atoms. The third-order valence-corrected chi connectivity index (χ3v) is 3.18. The second kappa shape index (κ2) is 4.23. The third-order valence-electron chi connectivity index (χ3n) is 3.18. The third kappa shape index (κ3) is 2.15. The Balaban J connectivity index is 2.07. The Morgan fingerprint density at radius 1 is 1.40 bits per heavy atom. The maximum absolute atomic E-state index is 6.03. The van der Waals surface area contributed by atoms with Crippen molar-refractivity contribution in [1.29, 1.82) is 0 Å². The first-order chi connectivity index (χ1) is 7.24. The van der Waals surface area contributed by atoms with Crippen LogP contribution in [0.5, 0.6) is 5.75 Å². The van der Waals surface area contributed by atoms with Gasteiger partial charge < -0.3 is 9.47 Å². The molecule has 2 atom stereocenters. The highest BCUT2D eigenvalue weighted by atomic mass is 16.6. The molecule has 15 heavy (non-hydrogen) atoms. The Morgan fingerprint density at radius 2 is 2.07 bits per heavy atom. The van der Waals surface area contributed by atoms with Crippen molar-refractivity contribution < 1.29 is 9.47 Å². The highest BCUT2D eigenvalue weighted by Gasteiger charge is 2.39. The predicted octanol–water partition coefficient (Wildman–Crippen LogP) is 3.02. The number of hydrogen-bond acceptors (Lipinski definition) is 2. The summed E-state index contributed by atoms with van der Waals surface area (Å²) in [4.78, 5) is 0. The number of rotatable bonds is 4. The fourth-order valence-electron chi connectivity index (χ4n) is 1.84. The molecule has 82 valence electrons. The molecule has 1 aromatic rings. The van der Waals surface area contributed by atoms with E-state index in [2.05, 4.69) is 13.8 Å². The van der Waals surface area contributed by atoms with E-state index in [-0.39, 0.29) is 11.7 Å². The van der Waals surface area contributed by atoms with E-state index in [1.807, 2.05) is 30.3 Å². The van der Waals surface area contributed by atoms with Crippen LogP contribution in [0.2, 0.25) is 0 Å². The molecule has 0 aliphatic carbocycles. The van der Waals surface area contributed by atoms with Gasteiger partial charge in [0.1, 0.15) is 11.4 Å². The summed E-state index contributed by atoms with van der Waals surface area (Å²) in [6, 6.07) is 9.97. The molecule has 0 amide bonds. The van der Waals surface area contributed by atoms with Crippen LogP contribution >= 0.6 is 0 Å². The molecule has 2 nitrogen and oxygen atoms in total. The molecule has 0 N–H and O–H groups in total. The van der Waals surface area contributed by atoms with Gasteiger partial charge in [-0.2, -0.15) is 0 Å². The van der Waals surface area contributed by atoms with Crippen LogP contribution in [0.3, 0.4) is 0 Å². The highest BCUT2D eigenvalue weighted by Crippen LogP contribution is 2.31. The van der Waals surface area contributed by atoms with E-state index in [1.54, 1.807) is 0 Å². The fourth-order valence-corrected chi connectivity index (χ4v) is 1.84. The van der Waals surface area contributed by atoms with Crippen molar-refractivity contribution in [3.05, 3.63) is 30.3 Å². The molecule has 0 spiro atoms. The lowest BCUT2D eigenvalue weighted by Gasteiger charge is -2.42. The molecule has 1 aliphatic heterocycles. The van der Waals surface area contributed by atoms with E-state index >= 15 is 0 Å². The minimum Gasteiger partial charge on any atom is -0.485 e. The van der Waals surface area contributed by atoms with Crippen molar-refractivity contribution in [3.8, 4) is 5.75 Å². The fraction of sp³-hybridized carbons (Fsp3) is 0.538. The normalized spacial score (nSPS) is 24.0. The van der Waals surface area contributed by atoms with Crippen molar-refractivity contribution in [2.24, 2.45) is 0 Å². The van der Waals surface area contributed by atoms with Gasteiger partial charge in [-0.15, -0.1) is 0 Å². The van der Waals surface area contributed by atoms with Gasteiger partial charge in [-0.3, -0.25) is 0 Å². The first kappa shape index (κ1) is 10.5. The second-order valence-corrected chi connectivity index (χ2v) is 4.23. The molecule has 0 saturated carbocycles. The maximum Gasteiger partial charge on any atom is 0.132 e. The number of benzene rings is 1. The molecule has 0 radical (unpaired) electrons. The van der Waals surface area contributed by atoms with Crippen molar-refractivity contribution >= 4 is 0 Å². The first-order valence-electron chi connectivity index (χ1n) is 5.60. The zero-order chi connectivity index (χ0) is 10.7. The maximum atomic E-state index is 6.03. The van der Waals surface area contributed by atoms with Crippen LogP contribution in [0.15, 0.2) is 30.3 Å². The first-order valence-corrected chi connectivity index (χ1v) is 5.60. The van der Waals surface area contributed by atoms with Crippen LogP contribution in [0.25, 0.3) is 0 Å². The van der Waals surface area contributed by atoms with Crippen LogP contribution in [0, 0.1) is 0 Å². The van der Waals surface area contributed by atoms with E-state index in [4.69, 9.17) is 9.47 Å². The Hall–Kier alpha value is -1.02. The van der Waals surface area contributed by atoms with E-state index in [1.165, 1.54) is 0 Å².